The fourth-order valence-corrected chi connectivity index (χ4v) is 3.14. The van der Waals surface area contributed by atoms with Gasteiger partial charge in [0.05, 0.1) is 12.1 Å². The van der Waals surface area contributed by atoms with Crippen LogP contribution in [0.4, 0.5) is 0 Å². The van der Waals surface area contributed by atoms with E-state index >= 15 is 0 Å². The third kappa shape index (κ3) is 4.55. The van der Waals surface area contributed by atoms with E-state index in [0.29, 0.717) is 18.5 Å². The van der Waals surface area contributed by atoms with Crippen LogP contribution in [0.2, 0.25) is 0 Å². The highest BCUT2D eigenvalue weighted by molar-refractivity contribution is 5.95. The zero-order valence-corrected chi connectivity index (χ0v) is 16.3. The monoisotopic (exact) mass is 375 g/mol. The third-order valence-corrected chi connectivity index (χ3v) is 4.56. The van der Waals surface area contributed by atoms with Crippen molar-refractivity contribution in [2.24, 2.45) is 0 Å². The second-order valence-electron chi connectivity index (χ2n) is 6.67. The molecule has 0 bridgehead atoms. The summed E-state index contributed by atoms with van der Waals surface area (Å²) in [4.78, 5) is 16.2. The van der Waals surface area contributed by atoms with Gasteiger partial charge in [-0.05, 0) is 36.1 Å². The number of aromatic carboxylic acids is 1. The van der Waals surface area contributed by atoms with Crippen molar-refractivity contribution in [2.75, 3.05) is 0 Å². The maximum Gasteiger partial charge on any atom is 0.336 e. The van der Waals surface area contributed by atoms with E-state index in [4.69, 9.17) is 4.98 Å². The summed E-state index contributed by atoms with van der Waals surface area (Å²) in [5, 5.41) is 14.0. The van der Waals surface area contributed by atoms with Crippen LogP contribution in [0.15, 0.2) is 60.7 Å². The summed E-state index contributed by atoms with van der Waals surface area (Å²) in [5.41, 5.74) is 3.05. The zero-order valence-electron chi connectivity index (χ0n) is 16.3. The van der Waals surface area contributed by atoms with E-state index in [0.717, 1.165) is 41.2 Å². The maximum absolute atomic E-state index is 11.5. The van der Waals surface area contributed by atoms with Crippen LogP contribution in [-0.2, 0) is 19.4 Å². The minimum Gasteiger partial charge on any atom is -0.478 e. The lowest BCUT2D eigenvalue weighted by Crippen LogP contribution is -2.05. The number of rotatable bonds is 8. The summed E-state index contributed by atoms with van der Waals surface area (Å²) in [6, 6.07) is 15.1. The molecule has 0 amide bonds. The molecule has 0 fully saturated rings. The molecule has 0 radical (unpaired) electrons. The van der Waals surface area contributed by atoms with E-state index in [1.54, 1.807) is 12.1 Å². The average Bonchev–Trinajstić information content (AvgIpc) is 3.08. The van der Waals surface area contributed by atoms with Crippen molar-refractivity contribution < 1.29 is 9.90 Å². The lowest BCUT2D eigenvalue weighted by molar-refractivity contribution is 0.0697. The van der Waals surface area contributed by atoms with Crippen molar-refractivity contribution in [3.05, 3.63) is 83.5 Å². The van der Waals surface area contributed by atoms with Crippen LogP contribution in [0.25, 0.3) is 11.1 Å². The molecule has 3 rings (SSSR count). The smallest absolute Gasteiger partial charge is 0.336 e. The molecule has 1 aromatic heterocycles. The first kappa shape index (κ1) is 19.5. The molecule has 0 unspecified atom stereocenters. The number of benzene rings is 2. The number of carbonyl (C=O) groups is 1. The Kier molecular flexibility index (Phi) is 6.37. The van der Waals surface area contributed by atoms with Crippen molar-refractivity contribution in [3.63, 3.8) is 0 Å². The van der Waals surface area contributed by atoms with Gasteiger partial charge in [-0.3, -0.25) is 0 Å². The fraction of sp³-hybridized carbons (Fsp3) is 0.261. The lowest BCUT2D eigenvalue weighted by atomic mass is 9.98. The molecular formula is C23H25N3O2. The Morgan fingerprint density at radius 1 is 1.14 bits per heavy atom. The summed E-state index contributed by atoms with van der Waals surface area (Å²) in [6.07, 6.45) is 6.67. The van der Waals surface area contributed by atoms with Gasteiger partial charge in [0, 0.05) is 12.8 Å². The molecule has 0 saturated heterocycles. The molecule has 1 N–H and O–H groups in total. The molecular weight excluding hydrogens is 350 g/mol. The Labute approximate surface area is 165 Å². The van der Waals surface area contributed by atoms with Crippen LogP contribution in [0.1, 0.15) is 47.8 Å². The third-order valence-electron chi connectivity index (χ3n) is 4.56. The van der Waals surface area contributed by atoms with Crippen molar-refractivity contribution in [1.29, 1.82) is 0 Å². The number of carboxylic acid groups (broad SMARTS) is 1. The number of allylic oxidation sites excluding steroid dienone is 2. The van der Waals surface area contributed by atoms with E-state index in [1.807, 2.05) is 54.1 Å². The number of aromatic nitrogens is 3. The molecule has 0 atom stereocenters. The lowest BCUT2D eigenvalue weighted by Gasteiger charge is -2.08. The topological polar surface area (TPSA) is 68.0 Å². The Bertz CT molecular complexity index is 972. The van der Waals surface area contributed by atoms with Crippen molar-refractivity contribution in [3.8, 4) is 11.1 Å². The fourth-order valence-electron chi connectivity index (χ4n) is 3.14. The summed E-state index contributed by atoms with van der Waals surface area (Å²) in [7, 11) is 0. The number of nitrogens with zero attached hydrogens (tertiary/aromatic N) is 3. The van der Waals surface area contributed by atoms with Crippen LogP contribution in [0.3, 0.4) is 0 Å². The first-order valence-corrected chi connectivity index (χ1v) is 9.57. The van der Waals surface area contributed by atoms with Gasteiger partial charge in [-0.25, -0.2) is 14.5 Å². The van der Waals surface area contributed by atoms with E-state index in [2.05, 4.69) is 18.1 Å². The Morgan fingerprint density at radius 2 is 1.89 bits per heavy atom. The Hall–Kier alpha value is -3.21. The van der Waals surface area contributed by atoms with E-state index in [-0.39, 0.29) is 0 Å². The molecule has 0 aliphatic heterocycles. The number of carboxylic acids is 1. The molecule has 0 aliphatic carbocycles. The first-order chi connectivity index (χ1) is 13.6. The SMILES string of the molecule is C/C=C/Cn1nc(CCC)nc1Cc1ccc(-c2ccccc2C(=O)O)cc1. The van der Waals surface area contributed by atoms with Gasteiger partial charge in [0.15, 0.2) is 5.82 Å². The van der Waals surface area contributed by atoms with E-state index in [9.17, 15) is 9.90 Å². The van der Waals surface area contributed by atoms with Crippen molar-refractivity contribution in [1.82, 2.24) is 14.8 Å². The van der Waals surface area contributed by atoms with Gasteiger partial charge < -0.3 is 5.11 Å². The molecule has 0 spiro atoms. The molecule has 144 valence electrons. The number of hydrogen-bond acceptors (Lipinski definition) is 3. The predicted octanol–water partition coefficient (Wildman–Crippen LogP) is 4.76. The highest BCUT2D eigenvalue weighted by atomic mass is 16.4. The molecule has 3 aromatic rings. The highest BCUT2D eigenvalue weighted by Gasteiger charge is 2.12. The van der Waals surface area contributed by atoms with Gasteiger partial charge in [-0.15, -0.1) is 0 Å². The molecule has 0 saturated carbocycles. The summed E-state index contributed by atoms with van der Waals surface area (Å²) >= 11 is 0. The van der Waals surface area contributed by atoms with Crippen molar-refractivity contribution >= 4 is 5.97 Å². The van der Waals surface area contributed by atoms with Crippen LogP contribution in [-0.4, -0.2) is 25.8 Å². The van der Waals surface area contributed by atoms with E-state index < -0.39 is 5.97 Å². The molecule has 0 aliphatic rings. The van der Waals surface area contributed by atoms with Crippen molar-refractivity contribution in [2.45, 2.75) is 39.7 Å². The Balaban J connectivity index is 1.84. The second-order valence-corrected chi connectivity index (χ2v) is 6.67. The molecule has 2 aromatic carbocycles. The van der Waals surface area contributed by atoms with Gasteiger partial charge in [0.25, 0.3) is 0 Å². The minimum absolute atomic E-state index is 0.311. The van der Waals surface area contributed by atoms with Gasteiger partial charge in [0.2, 0.25) is 0 Å². The van der Waals surface area contributed by atoms with Crippen LogP contribution >= 0.6 is 0 Å². The van der Waals surface area contributed by atoms with Gasteiger partial charge >= 0.3 is 5.97 Å². The zero-order chi connectivity index (χ0) is 19.9. The summed E-state index contributed by atoms with van der Waals surface area (Å²) in [6.45, 7) is 4.84. The van der Waals surface area contributed by atoms with E-state index in [1.165, 1.54) is 0 Å². The number of hydrogen-bond donors (Lipinski definition) is 1. The van der Waals surface area contributed by atoms with Crippen LogP contribution < -0.4 is 0 Å². The van der Waals surface area contributed by atoms with Gasteiger partial charge in [0.1, 0.15) is 5.82 Å². The average molecular weight is 375 g/mol. The highest BCUT2D eigenvalue weighted by Crippen LogP contribution is 2.24. The van der Waals surface area contributed by atoms with Crippen LogP contribution in [0, 0.1) is 0 Å². The van der Waals surface area contributed by atoms with Crippen LogP contribution in [0.5, 0.6) is 0 Å². The quantitative estimate of drug-likeness (QED) is 0.576. The number of aryl methyl sites for hydroxylation is 1. The minimum atomic E-state index is -0.916. The Morgan fingerprint density at radius 3 is 2.57 bits per heavy atom. The summed E-state index contributed by atoms with van der Waals surface area (Å²) < 4.78 is 1.96. The largest absolute Gasteiger partial charge is 0.478 e. The predicted molar refractivity (Wildman–Crippen MR) is 110 cm³/mol. The standard InChI is InChI=1S/C23H25N3O2/c1-3-5-15-26-22(24-21(25-26)8-4-2)16-17-11-13-18(14-12-17)19-9-6-7-10-20(19)23(27)28/h3,5-7,9-14H,4,8,15-16H2,1-2H3,(H,27,28)/b5-3+. The molecule has 28 heavy (non-hydrogen) atoms. The first-order valence-electron chi connectivity index (χ1n) is 9.57. The summed E-state index contributed by atoms with van der Waals surface area (Å²) in [5.74, 6) is 0.912. The second kappa shape index (κ2) is 9.13. The maximum atomic E-state index is 11.5. The molecule has 1 heterocycles. The molecule has 5 nitrogen and oxygen atoms in total. The van der Waals surface area contributed by atoms with Gasteiger partial charge in [-0.2, -0.15) is 5.10 Å². The molecule has 5 heteroatoms. The normalized spacial score (nSPS) is 11.2. The van der Waals surface area contributed by atoms with Gasteiger partial charge in [-0.1, -0.05) is 61.5 Å².